The van der Waals surface area contributed by atoms with Gasteiger partial charge in [-0.15, -0.1) is 0 Å². The van der Waals surface area contributed by atoms with Crippen molar-refractivity contribution in [3.8, 4) is 17.2 Å². The van der Waals surface area contributed by atoms with E-state index in [9.17, 15) is 4.79 Å². The van der Waals surface area contributed by atoms with E-state index in [0.29, 0.717) is 12.0 Å². The number of para-hydroxylation sites is 2. The minimum absolute atomic E-state index is 0.0254. The number of nitrogens with zero attached hydrogens (tertiary/aromatic N) is 2. The topological polar surface area (TPSA) is 53.4 Å². The lowest BCUT2D eigenvalue weighted by Crippen LogP contribution is -1.98. The maximum absolute atomic E-state index is 10.2. The zero-order valence-electron chi connectivity index (χ0n) is 9.37. The van der Waals surface area contributed by atoms with E-state index in [2.05, 4.69) is 5.10 Å². The molecule has 2 rings (SSSR count). The van der Waals surface area contributed by atoms with Crippen LogP contribution in [-0.2, 0) is 4.79 Å². The molecule has 1 aromatic carbocycles. The van der Waals surface area contributed by atoms with Crippen molar-refractivity contribution in [2.45, 2.75) is 0 Å². The zero-order valence-corrected chi connectivity index (χ0v) is 9.37. The van der Waals surface area contributed by atoms with Gasteiger partial charge in [-0.1, -0.05) is 12.1 Å². The summed E-state index contributed by atoms with van der Waals surface area (Å²) in [5, 5.41) is 4.14. The minimum atomic E-state index is 0.0254. The lowest BCUT2D eigenvalue weighted by molar-refractivity contribution is -0.109. The Kier molecular flexibility index (Phi) is 3.40. The van der Waals surface area contributed by atoms with E-state index in [-0.39, 0.29) is 6.61 Å². The zero-order chi connectivity index (χ0) is 12.1. The Morgan fingerprint density at radius 2 is 2.24 bits per heavy atom. The molecule has 0 N–H and O–H groups in total. The fourth-order valence-electron chi connectivity index (χ4n) is 1.46. The first-order chi connectivity index (χ1) is 8.35. The van der Waals surface area contributed by atoms with E-state index in [1.54, 1.807) is 24.2 Å². The standard InChI is InChI=1S/C12H12N2O3/c1-16-12-5-3-2-4-11(12)14-9-10(8-13-14)17-7-6-15/h2-6,8-9H,7H2,1H3. The third kappa shape index (κ3) is 2.44. The molecule has 88 valence electrons. The Morgan fingerprint density at radius 3 is 3.00 bits per heavy atom. The van der Waals surface area contributed by atoms with Gasteiger partial charge in [-0.2, -0.15) is 5.10 Å². The summed E-state index contributed by atoms with van der Waals surface area (Å²) in [5.41, 5.74) is 0.816. The van der Waals surface area contributed by atoms with Crippen LogP contribution < -0.4 is 9.47 Å². The van der Waals surface area contributed by atoms with Crippen LogP contribution in [0.1, 0.15) is 0 Å². The second-order valence-corrected chi connectivity index (χ2v) is 3.27. The van der Waals surface area contributed by atoms with Crippen molar-refractivity contribution in [2.24, 2.45) is 0 Å². The summed E-state index contributed by atoms with van der Waals surface area (Å²) in [5.74, 6) is 1.26. The molecule has 0 amide bonds. The lowest BCUT2D eigenvalue weighted by Gasteiger charge is -2.07. The van der Waals surface area contributed by atoms with E-state index >= 15 is 0 Å². The molecule has 2 aromatic rings. The van der Waals surface area contributed by atoms with Gasteiger partial charge < -0.3 is 9.47 Å². The Morgan fingerprint density at radius 1 is 1.41 bits per heavy atom. The van der Waals surface area contributed by atoms with Crippen LogP contribution >= 0.6 is 0 Å². The van der Waals surface area contributed by atoms with Crippen molar-refractivity contribution < 1.29 is 14.3 Å². The molecule has 1 heterocycles. The number of hydrogen-bond donors (Lipinski definition) is 0. The van der Waals surface area contributed by atoms with Gasteiger partial charge >= 0.3 is 0 Å². The fourth-order valence-corrected chi connectivity index (χ4v) is 1.46. The van der Waals surface area contributed by atoms with Gasteiger partial charge in [-0.05, 0) is 12.1 Å². The molecule has 0 spiro atoms. The maximum Gasteiger partial charge on any atom is 0.158 e. The monoisotopic (exact) mass is 232 g/mol. The lowest BCUT2D eigenvalue weighted by atomic mass is 10.3. The third-order valence-electron chi connectivity index (χ3n) is 2.21. The summed E-state index contributed by atoms with van der Waals surface area (Å²) in [7, 11) is 1.60. The highest BCUT2D eigenvalue weighted by molar-refractivity contribution is 5.51. The number of methoxy groups -OCH3 is 1. The van der Waals surface area contributed by atoms with Crippen molar-refractivity contribution in [1.82, 2.24) is 9.78 Å². The summed E-state index contributed by atoms with van der Waals surface area (Å²) >= 11 is 0. The molecule has 17 heavy (non-hydrogen) atoms. The van der Waals surface area contributed by atoms with E-state index in [4.69, 9.17) is 9.47 Å². The van der Waals surface area contributed by atoms with Crippen molar-refractivity contribution in [1.29, 1.82) is 0 Å². The molecule has 0 saturated heterocycles. The third-order valence-corrected chi connectivity index (χ3v) is 2.21. The van der Waals surface area contributed by atoms with Gasteiger partial charge in [-0.3, -0.25) is 4.79 Å². The Hall–Kier alpha value is -2.30. The quantitative estimate of drug-likeness (QED) is 0.732. The molecule has 5 nitrogen and oxygen atoms in total. The van der Waals surface area contributed by atoms with Gasteiger partial charge in [-0.25, -0.2) is 4.68 Å². The summed E-state index contributed by atoms with van der Waals surface area (Å²) in [6.45, 7) is 0.0254. The first-order valence-electron chi connectivity index (χ1n) is 5.09. The van der Waals surface area contributed by atoms with E-state index < -0.39 is 0 Å². The summed E-state index contributed by atoms with van der Waals surface area (Å²) in [4.78, 5) is 10.2. The molecule has 0 saturated carbocycles. The van der Waals surface area contributed by atoms with Gasteiger partial charge in [0.05, 0.1) is 19.5 Å². The predicted molar refractivity (Wildman–Crippen MR) is 61.7 cm³/mol. The highest BCUT2D eigenvalue weighted by Crippen LogP contribution is 2.22. The molecule has 0 radical (unpaired) electrons. The highest BCUT2D eigenvalue weighted by Gasteiger charge is 2.06. The highest BCUT2D eigenvalue weighted by atomic mass is 16.5. The maximum atomic E-state index is 10.2. The molecule has 0 aliphatic carbocycles. The van der Waals surface area contributed by atoms with Gasteiger partial charge in [0.1, 0.15) is 18.0 Å². The largest absolute Gasteiger partial charge is 0.494 e. The molecule has 0 bridgehead atoms. The van der Waals surface area contributed by atoms with Crippen LogP contribution in [0.2, 0.25) is 0 Å². The molecular formula is C12H12N2O3. The molecule has 0 aliphatic rings. The van der Waals surface area contributed by atoms with Crippen LogP contribution in [0.15, 0.2) is 36.7 Å². The molecule has 0 aliphatic heterocycles. The fraction of sp³-hybridized carbons (Fsp3) is 0.167. The van der Waals surface area contributed by atoms with Crippen molar-refractivity contribution in [2.75, 3.05) is 13.7 Å². The van der Waals surface area contributed by atoms with Crippen LogP contribution in [0.3, 0.4) is 0 Å². The van der Waals surface area contributed by atoms with Crippen molar-refractivity contribution in [3.05, 3.63) is 36.7 Å². The number of hydrogen-bond acceptors (Lipinski definition) is 4. The summed E-state index contributed by atoms with van der Waals surface area (Å²) in [6.07, 6.45) is 3.94. The number of rotatable bonds is 5. The van der Waals surface area contributed by atoms with Crippen LogP contribution in [-0.4, -0.2) is 29.8 Å². The van der Waals surface area contributed by atoms with Gasteiger partial charge in [0.25, 0.3) is 0 Å². The smallest absolute Gasteiger partial charge is 0.158 e. The van der Waals surface area contributed by atoms with Crippen molar-refractivity contribution in [3.63, 3.8) is 0 Å². The van der Waals surface area contributed by atoms with Crippen LogP contribution in [0.25, 0.3) is 5.69 Å². The van der Waals surface area contributed by atoms with E-state index in [1.165, 1.54) is 0 Å². The van der Waals surface area contributed by atoms with Crippen molar-refractivity contribution >= 4 is 6.29 Å². The van der Waals surface area contributed by atoms with E-state index in [0.717, 1.165) is 11.4 Å². The summed E-state index contributed by atoms with van der Waals surface area (Å²) < 4.78 is 12.0. The second kappa shape index (κ2) is 5.16. The molecule has 0 unspecified atom stereocenters. The summed E-state index contributed by atoms with van der Waals surface area (Å²) in [6, 6.07) is 7.51. The molecule has 0 atom stereocenters. The van der Waals surface area contributed by atoms with Gasteiger partial charge in [0.15, 0.2) is 12.0 Å². The number of carbonyl (C=O) groups is 1. The van der Waals surface area contributed by atoms with Gasteiger partial charge in [0, 0.05) is 0 Å². The normalized spacial score (nSPS) is 9.94. The van der Waals surface area contributed by atoms with Crippen LogP contribution in [0.4, 0.5) is 0 Å². The number of aldehydes is 1. The number of aromatic nitrogens is 2. The van der Waals surface area contributed by atoms with Crippen LogP contribution in [0.5, 0.6) is 11.5 Å². The SMILES string of the molecule is COc1ccccc1-n1cc(OCC=O)cn1. The number of benzene rings is 1. The Bertz CT molecular complexity index is 508. The predicted octanol–water partition coefficient (Wildman–Crippen LogP) is 1.46. The second-order valence-electron chi connectivity index (χ2n) is 3.27. The Balaban J connectivity index is 2.27. The molecule has 5 heteroatoms. The number of carbonyl (C=O) groups excluding carboxylic acids is 1. The van der Waals surface area contributed by atoms with Crippen LogP contribution in [0, 0.1) is 0 Å². The first-order valence-corrected chi connectivity index (χ1v) is 5.09. The average molecular weight is 232 g/mol. The molecular weight excluding hydrogens is 220 g/mol. The van der Waals surface area contributed by atoms with Gasteiger partial charge in [0.2, 0.25) is 0 Å². The Labute approximate surface area is 98.6 Å². The molecule has 1 aromatic heterocycles. The average Bonchev–Trinajstić information content (AvgIpc) is 2.85. The first kappa shape index (κ1) is 11.2. The van der Waals surface area contributed by atoms with E-state index in [1.807, 2.05) is 24.3 Å². The minimum Gasteiger partial charge on any atom is -0.494 e. The molecule has 0 fully saturated rings. The number of ether oxygens (including phenoxy) is 2.